The van der Waals surface area contributed by atoms with Crippen LogP contribution in [-0.2, 0) is 21.3 Å². The number of nitrogen functional groups attached to an aromatic ring is 1. The number of aromatic nitrogens is 5. The number of anilines is 2. The third kappa shape index (κ3) is 5.07. The molecule has 0 radical (unpaired) electrons. The van der Waals surface area contributed by atoms with Crippen molar-refractivity contribution in [3.63, 3.8) is 0 Å². The second-order valence-electron chi connectivity index (χ2n) is 12.4. The van der Waals surface area contributed by atoms with Gasteiger partial charge >= 0.3 is 6.01 Å². The van der Waals surface area contributed by atoms with E-state index in [1.54, 1.807) is 7.11 Å². The zero-order valence-electron chi connectivity index (χ0n) is 24.9. The zero-order chi connectivity index (χ0) is 30.5. The summed E-state index contributed by atoms with van der Waals surface area (Å²) in [5, 5.41) is 14.7. The fourth-order valence-electron chi connectivity index (χ4n) is 7.33. The Hall–Kier alpha value is -3.45. The van der Waals surface area contributed by atoms with Crippen molar-refractivity contribution in [3.05, 3.63) is 21.9 Å². The zero-order valence-corrected chi connectivity index (χ0v) is 25.7. The molecule has 15 heteroatoms. The van der Waals surface area contributed by atoms with Crippen LogP contribution in [0.4, 0.5) is 15.3 Å². The van der Waals surface area contributed by atoms with E-state index in [0.29, 0.717) is 61.7 Å². The maximum Gasteiger partial charge on any atom is 0.321 e. The molecule has 3 saturated heterocycles. The molecule has 3 aromatic heterocycles. The SMILES string of the molecule is COC[C@H]1CN(c2nc(OC[C@@]34CCCN3C[C@H](F)C4)nc(-c3noc([C@@]4(C)CCCc5sc(N)c(C#N)c54)n3)n2)CCO1. The van der Waals surface area contributed by atoms with Crippen molar-refractivity contribution >= 4 is 22.3 Å². The number of methoxy groups -OCH3 is 1. The lowest BCUT2D eigenvalue weighted by atomic mass is 9.72. The number of ether oxygens (including phenoxy) is 3. The highest BCUT2D eigenvalue weighted by Gasteiger charge is 2.49. The van der Waals surface area contributed by atoms with Crippen molar-refractivity contribution in [2.45, 2.75) is 68.7 Å². The van der Waals surface area contributed by atoms with Crippen LogP contribution in [0.25, 0.3) is 11.6 Å². The number of hydrogen-bond donors (Lipinski definition) is 1. The number of nitriles is 1. The predicted molar refractivity (Wildman–Crippen MR) is 158 cm³/mol. The van der Waals surface area contributed by atoms with Gasteiger partial charge in [0.05, 0.1) is 35.8 Å². The molecule has 1 aliphatic carbocycles. The average molecular weight is 626 g/mol. The molecule has 0 spiro atoms. The first-order valence-electron chi connectivity index (χ1n) is 15.1. The van der Waals surface area contributed by atoms with Gasteiger partial charge in [0.1, 0.15) is 23.8 Å². The average Bonchev–Trinajstić information content (AvgIpc) is 3.79. The molecule has 0 amide bonds. The molecular weight excluding hydrogens is 589 g/mol. The first-order chi connectivity index (χ1) is 21.3. The molecule has 4 aliphatic rings. The number of aryl methyl sites for hydroxylation is 1. The molecule has 0 bridgehead atoms. The Morgan fingerprint density at radius 2 is 2.05 bits per heavy atom. The number of hydrogen-bond acceptors (Lipinski definition) is 14. The van der Waals surface area contributed by atoms with E-state index in [1.807, 2.05) is 11.8 Å². The molecule has 0 unspecified atom stereocenters. The van der Waals surface area contributed by atoms with Gasteiger partial charge in [-0.15, -0.1) is 11.3 Å². The molecule has 44 heavy (non-hydrogen) atoms. The van der Waals surface area contributed by atoms with Gasteiger partial charge in [0.25, 0.3) is 0 Å². The van der Waals surface area contributed by atoms with Gasteiger partial charge in [-0.2, -0.15) is 25.2 Å². The van der Waals surface area contributed by atoms with Crippen molar-refractivity contribution < 1.29 is 23.1 Å². The number of morpholine rings is 1. The van der Waals surface area contributed by atoms with E-state index >= 15 is 0 Å². The van der Waals surface area contributed by atoms with Crippen molar-refractivity contribution in [1.82, 2.24) is 30.0 Å². The first kappa shape index (κ1) is 29.3. The molecule has 2 N–H and O–H groups in total. The van der Waals surface area contributed by atoms with Crippen LogP contribution in [0.1, 0.15) is 60.9 Å². The summed E-state index contributed by atoms with van der Waals surface area (Å²) in [6.07, 6.45) is 3.78. The molecule has 0 saturated carbocycles. The fourth-order valence-corrected chi connectivity index (χ4v) is 8.53. The molecule has 13 nitrogen and oxygen atoms in total. The van der Waals surface area contributed by atoms with Crippen LogP contribution < -0.4 is 15.4 Å². The van der Waals surface area contributed by atoms with Gasteiger partial charge in [-0.1, -0.05) is 5.16 Å². The monoisotopic (exact) mass is 625 g/mol. The molecule has 4 atom stereocenters. The Morgan fingerprint density at radius 1 is 1.16 bits per heavy atom. The molecular formula is C29H36FN9O4S. The molecule has 6 heterocycles. The first-order valence-corrected chi connectivity index (χ1v) is 15.9. The number of nitrogens with zero attached hydrogens (tertiary/aromatic N) is 8. The summed E-state index contributed by atoms with van der Waals surface area (Å²) in [5.41, 5.74) is 6.52. The number of alkyl halides is 1. The Kier molecular flexibility index (Phi) is 7.64. The van der Waals surface area contributed by atoms with Gasteiger partial charge in [0, 0.05) is 43.6 Å². The minimum atomic E-state index is -0.867. The molecule has 3 fully saturated rings. The van der Waals surface area contributed by atoms with E-state index in [9.17, 15) is 9.65 Å². The van der Waals surface area contributed by atoms with Gasteiger partial charge in [0.2, 0.25) is 23.5 Å². The molecule has 3 aromatic rings. The quantitative estimate of drug-likeness (QED) is 0.389. The van der Waals surface area contributed by atoms with Crippen molar-refractivity contribution in [3.8, 4) is 23.7 Å². The Balaban J connectivity index is 1.23. The summed E-state index contributed by atoms with van der Waals surface area (Å²) in [4.78, 5) is 24.1. The van der Waals surface area contributed by atoms with Crippen LogP contribution in [-0.4, -0.2) is 101 Å². The number of nitrogens with two attached hydrogens (primary N) is 1. The molecule has 234 valence electrons. The summed E-state index contributed by atoms with van der Waals surface area (Å²) >= 11 is 1.45. The van der Waals surface area contributed by atoms with Gasteiger partial charge in [-0.25, -0.2) is 4.39 Å². The van der Waals surface area contributed by atoms with Crippen LogP contribution in [0.3, 0.4) is 0 Å². The Morgan fingerprint density at radius 3 is 2.89 bits per heavy atom. The van der Waals surface area contributed by atoms with E-state index < -0.39 is 11.6 Å². The van der Waals surface area contributed by atoms with E-state index in [1.165, 1.54) is 11.3 Å². The highest BCUT2D eigenvalue weighted by molar-refractivity contribution is 7.16. The lowest BCUT2D eigenvalue weighted by Gasteiger charge is -2.33. The van der Waals surface area contributed by atoms with E-state index in [0.717, 1.165) is 49.1 Å². The topological polar surface area (TPSA) is 162 Å². The van der Waals surface area contributed by atoms with Crippen LogP contribution in [0.15, 0.2) is 4.52 Å². The smallest absolute Gasteiger partial charge is 0.321 e. The van der Waals surface area contributed by atoms with E-state index in [2.05, 4.69) is 26.1 Å². The number of rotatable bonds is 8. The third-order valence-corrected chi connectivity index (χ3v) is 10.5. The van der Waals surface area contributed by atoms with Gasteiger partial charge < -0.3 is 29.4 Å². The molecule has 7 rings (SSSR count). The lowest BCUT2D eigenvalue weighted by Crippen LogP contribution is -2.45. The summed E-state index contributed by atoms with van der Waals surface area (Å²) in [7, 11) is 1.64. The standard InChI is InChI=1S/C29H36FN9O4S/c1-28(6-3-5-20-21(28)19(12-31)22(32)44-20)25-33-24(37-43-25)23-34-26(38-9-10-41-18(14-38)15-40-2)36-27(35-23)42-16-29-7-4-8-39(29)13-17(30)11-29/h17-18H,3-11,13-16,32H2,1-2H3/t17-,18-,28+,29+/m1/s1. The maximum atomic E-state index is 14.4. The largest absolute Gasteiger partial charge is 0.461 e. The van der Waals surface area contributed by atoms with Crippen LogP contribution >= 0.6 is 11.3 Å². The maximum absolute atomic E-state index is 14.4. The van der Waals surface area contributed by atoms with Crippen LogP contribution in [0, 0.1) is 11.3 Å². The van der Waals surface area contributed by atoms with Gasteiger partial charge in [-0.3, -0.25) is 4.90 Å². The van der Waals surface area contributed by atoms with Crippen molar-refractivity contribution in [2.75, 3.05) is 63.7 Å². The van der Waals surface area contributed by atoms with Gasteiger partial charge in [-0.05, 0) is 45.6 Å². The number of thiophene rings is 1. The Bertz CT molecular complexity index is 1580. The second kappa shape index (κ2) is 11.5. The lowest BCUT2D eigenvalue weighted by molar-refractivity contribution is -0.0104. The third-order valence-electron chi connectivity index (χ3n) is 9.46. The number of halogens is 1. The highest BCUT2D eigenvalue weighted by Crippen LogP contribution is 2.48. The second-order valence-corrected chi connectivity index (χ2v) is 13.5. The van der Waals surface area contributed by atoms with Gasteiger partial charge in [0.15, 0.2) is 0 Å². The molecule has 0 aromatic carbocycles. The minimum absolute atomic E-state index is 0.123. The van der Waals surface area contributed by atoms with Crippen molar-refractivity contribution in [1.29, 1.82) is 5.26 Å². The van der Waals surface area contributed by atoms with Crippen LogP contribution in [0.2, 0.25) is 0 Å². The summed E-state index contributed by atoms with van der Waals surface area (Å²) < 4.78 is 37.7. The van der Waals surface area contributed by atoms with E-state index in [4.69, 9.17) is 34.4 Å². The normalized spacial score (nSPS) is 28.5. The summed E-state index contributed by atoms with van der Waals surface area (Å²) in [5.74, 6) is 1.17. The van der Waals surface area contributed by atoms with Crippen molar-refractivity contribution in [2.24, 2.45) is 0 Å². The fraction of sp³-hybridized carbons (Fsp3) is 0.655. The minimum Gasteiger partial charge on any atom is -0.461 e. The predicted octanol–water partition coefficient (Wildman–Crippen LogP) is 2.89. The van der Waals surface area contributed by atoms with Crippen LogP contribution in [0.5, 0.6) is 6.01 Å². The summed E-state index contributed by atoms with van der Waals surface area (Å²) in [6.45, 7) is 5.60. The van der Waals surface area contributed by atoms with E-state index in [-0.39, 0.29) is 35.9 Å². The molecule has 3 aliphatic heterocycles. The number of fused-ring (bicyclic) bond motifs is 2. The Labute approximate surface area is 258 Å². The highest BCUT2D eigenvalue weighted by atomic mass is 32.1. The summed E-state index contributed by atoms with van der Waals surface area (Å²) in [6, 6.07) is 2.40.